The zero-order chi connectivity index (χ0) is 15.3. The summed E-state index contributed by atoms with van der Waals surface area (Å²) in [5, 5.41) is 9.34. The molecule has 0 aliphatic carbocycles. The molecular formula is C16H21NO4. The number of piperidine rings is 1. The van der Waals surface area contributed by atoms with Gasteiger partial charge < -0.3 is 14.7 Å². The number of aliphatic carboxylic acids is 1. The molecule has 21 heavy (non-hydrogen) atoms. The molecule has 1 aromatic rings. The second-order valence-corrected chi connectivity index (χ2v) is 5.47. The molecule has 0 saturated carbocycles. The highest BCUT2D eigenvalue weighted by atomic mass is 16.6. The van der Waals surface area contributed by atoms with Crippen molar-refractivity contribution in [1.82, 2.24) is 4.90 Å². The lowest BCUT2D eigenvalue weighted by atomic mass is 9.91. The standard InChI is InChI=1S/C16H21NO4/c1-13(18)21-16(15(19)20)8-11-17(12-9-16)10-7-14-5-3-2-4-6-14/h2-6H,7-12H2,1H3,(H,19,20). The Morgan fingerprint density at radius 3 is 2.38 bits per heavy atom. The van der Waals surface area contributed by atoms with Crippen LogP contribution in [0.5, 0.6) is 0 Å². The van der Waals surface area contributed by atoms with Crippen LogP contribution in [0, 0.1) is 0 Å². The molecule has 5 nitrogen and oxygen atoms in total. The first-order chi connectivity index (χ1) is 10.0. The van der Waals surface area contributed by atoms with Gasteiger partial charge in [0.1, 0.15) is 0 Å². The number of esters is 1. The Morgan fingerprint density at radius 1 is 1.24 bits per heavy atom. The summed E-state index contributed by atoms with van der Waals surface area (Å²) in [6.07, 6.45) is 1.63. The van der Waals surface area contributed by atoms with E-state index in [1.807, 2.05) is 18.2 Å². The first kappa shape index (κ1) is 15.5. The summed E-state index contributed by atoms with van der Waals surface area (Å²) in [5.41, 5.74) is -0.0673. The van der Waals surface area contributed by atoms with E-state index in [0.29, 0.717) is 25.9 Å². The van der Waals surface area contributed by atoms with Gasteiger partial charge in [-0.3, -0.25) is 4.79 Å². The van der Waals surface area contributed by atoms with Gasteiger partial charge in [-0.2, -0.15) is 0 Å². The number of carbonyl (C=O) groups is 2. The number of rotatable bonds is 5. The maximum atomic E-state index is 11.4. The summed E-state index contributed by atoms with van der Waals surface area (Å²) < 4.78 is 5.09. The number of ether oxygens (including phenoxy) is 1. The largest absolute Gasteiger partial charge is 0.478 e. The molecule has 0 radical (unpaired) electrons. The second-order valence-electron chi connectivity index (χ2n) is 5.47. The average Bonchev–Trinajstić information content (AvgIpc) is 2.47. The minimum absolute atomic E-state index is 0.344. The summed E-state index contributed by atoms with van der Waals surface area (Å²) >= 11 is 0. The molecule has 1 aromatic carbocycles. The second kappa shape index (κ2) is 6.72. The van der Waals surface area contributed by atoms with Crippen LogP contribution in [0.4, 0.5) is 0 Å². The molecule has 1 aliphatic rings. The van der Waals surface area contributed by atoms with Crippen molar-refractivity contribution in [3.63, 3.8) is 0 Å². The monoisotopic (exact) mass is 291 g/mol. The van der Waals surface area contributed by atoms with Gasteiger partial charge in [0, 0.05) is 39.4 Å². The van der Waals surface area contributed by atoms with E-state index in [0.717, 1.165) is 13.0 Å². The van der Waals surface area contributed by atoms with Crippen LogP contribution >= 0.6 is 0 Å². The molecular weight excluding hydrogens is 270 g/mol. The molecule has 1 N–H and O–H groups in total. The highest BCUT2D eigenvalue weighted by molar-refractivity contribution is 5.81. The van der Waals surface area contributed by atoms with Crippen molar-refractivity contribution >= 4 is 11.9 Å². The third-order valence-electron chi connectivity index (χ3n) is 3.95. The lowest BCUT2D eigenvalue weighted by molar-refractivity contribution is -0.182. The molecule has 2 rings (SSSR count). The Hall–Kier alpha value is -1.88. The highest BCUT2D eigenvalue weighted by Gasteiger charge is 2.44. The Labute approximate surface area is 124 Å². The molecule has 1 aliphatic heterocycles. The predicted molar refractivity (Wildman–Crippen MR) is 78.0 cm³/mol. The Kier molecular flexibility index (Phi) is 4.96. The van der Waals surface area contributed by atoms with Gasteiger partial charge in [-0.15, -0.1) is 0 Å². The van der Waals surface area contributed by atoms with Crippen molar-refractivity contribution in [3.05, 3.63) is 35.9 Å². The first-order valence-corrected chi connectivity index (χ1v) is 7.21. The fraction of sp³-hybridized carbons (Fsp3) is 0.500. The van der Waals surface area contributed by atoms with Crippen molar-refractivity contribution in [3.8, 4) is 0 Å². The Bertz CT molecular complexity index is 492. The summed E-state index contributed by atoms with van der Waals surface area (Å²) in [7, 11) is 0. The van der Waals surface area contributed by atoms with Crippen molar-refractivity contribution in [2.75, 3.05) is 19.6 Å². The Morgan fingerprint density at radius 2 is 1.86 bits per heavy atom. The molecule has 1 saturated heterocycles. The number of carboxylic acids is 1. The van der Waals surface area contributed by atoms with Crippen LogP contribution in [0.25, 0.3) is 0 Å². The summed E-state index contributed by atoms with van der Waals surface area (Å²) in [6.45, 7) is 3.41. The molecule has 1 heterocycles. The number of nitrogens with zero attached hydrogens (tertiary/aromatic N) is 1. The zero-order valence-corrected chi connectivity index (χ0v) is 12.2. The third kappa shape index (κ3) is 4.04. The van der Waals surface area contributed by atoms with E-state index in [-0.39, 0.29) is 0 Å². The van der Waals surface area contributed by atoms with Gasteiger partial charge in [0.15, 0.2) is 0 Å². The lowest BCUT2D eigenvalue weighted by Crippen LogP contribution is -2.52. The van der Waals surface area contributed by atoms with Gasteiger partial charge >= 0.3 is 11.9 Å². The van der Waals surface area contributed by atoms with Gasteiger partial charge in [-0.05, 0) is 12.0 Å². The topological polar surface area (TPSA) is 66.8 Å². The van der Waals surface area contributed by atoms with Gasteiger partial charge in [-0.1, -0.05) is 30.3 Å². The van der Waals surface area contributed by atoms with E-state index < -0.39 is 17.5 Å². The molecule has 114 valence electrons. The van der Waals surface area contributed by atoms with Crippen molar-refractivity contribution in [2.45, 2.75) is 31.8 Å². The number of hydrogen-bond donors (Lipinski definition) is 1. The fourth-order valence-electron chi connectivity index (χ4n) is 2.70. The van der Waals surface area contributed by atoms with Gasteiger partial charge in [0.05, 0.1) is 0 Å². The fourth-order valence-corrected chi connectivity index (χ4v) is 2.70. The average molecular weight is 291 g/mol. The molecule has 1 fully saturated rings. The smallest absolute Gasteiger partial charge is 0.348 e. The van der Waals surface area contributed by atoms with E-state index in [2.05, 4.69) is 17.0 Å². The van der Waals surface area contributed by atoms with Crippen LogP contribution in [0.15, 0.2) is 30.3 Å². The van der Waals surface area contributed by atoms with Crippen LogP contribution in [-0.2, 0) is 20.7 Å². The van der Waals surface area contributed by atoms with Crippen molar-refractivity contribution in [2.24, 2.45) is 0 Å². The van der Waals surface area contributed by atoms with E-state index in [4.69, 9.17) is 4.74 Å². The number of carbonyl (C=O) groups excluding carboxylic acids is 1. The van der Waals surface area contributed by atoms with E-state index in [1.165, 1.54) is 12.5 Å². The molecule has 0 unspecified atom stereocenters. The number of hydrogen-bond acceptors (Lipinski definition) is 4. The maximum absolute atomic E-state index is 11.4. The van der Waals surface area contributed by atoms with E-state index >= 15 is 0 Å². The Balaban J connectivity index is 1.87. The quantitative estimate of drug-likeness (QED) is 0.837. The first-order valence-electron chi connectivity index (χ1n) is 7.21. The number of carboxylic acid groups (broad SMARTS) is 1. The van der Waals surface area contributed by atoms with Gasteiger partial charge in [-0.25, -0.2) is 4.79 Å². The number of benzene rings is 1. The minimum Gasteiger partial charge on any atom is -0.478 e. The summed E-state index contributed by atoms with van der Waals surface area (Å²) in [6, 6.07) is 10.2. The minimum atomic E-state index is -1.34. The van der Waals surface area contributed by atoms with Crippen LogP contribution in [-0.4, -0.2) is 47.2 Å². The van der Waals surface area contributed by atoms with Crippen LogP contribution in [0.2, 0.25) is 0 Å². The number of likely N-dealkylation sites (tertiary alicyclic amines) is 1. The van der Waals surface area contributed by atoms with E-state index in [9.17, 15) is 14.7 Å². The molecule has 0 spiro atoms. The molecule has 0 aromatic heterocycles. The molecule has 0 amide bonds. The molecule has 5 heteroatoms. The summed E-state index contributed by atoms with van der Waals surface area (Å²) in [5.74, 6) is -1.57. The van der Waals surface area contributed by atoms with Crippen molar-refractivity contribution < 1.29 is 19.4 Å². The predicted octanol–water partition coefficient (Wildman–Crippen LogP) is 1.71. The normalized spacial score (nSPS) is 18.1. The molecule has 0 bridgehead atoms. The lowest BCUT2D eigenvalue weighted by Gasteiger charge is -2.38. The SMILES string of the molecule is CC(=O)OC1(C(=O)O)CCN(CCc2ccccc2)CC1. The third-order valence-corrected chi connectivity index (χ3v) is 3.95. The van der Waals surface area contributed by atoms with E-state index in [1.54, 1.807) is 0 Å². The zero-order valence-electron chi connectivity index (χ0n) is 12.2. The highest BCUT2D eigenvalue weighted by Crippen LogP contribution is 2.27. The van der Waals surface area contributed by atoms with Crippen LogP contribution in [0.1, 0.15) is 25.3 Å². The summed E-state index contributed by atoms with van der Waals surface area (Å²) in [4.78, 5) is 24.7. The maximum Gasteiger partial charge on any atom is 0.348 e. The van der Waals surface area contributed by atoms with Crippen LogP contribution in [0.3, 0.4) is 0 Å². The van der Waals surface area contributed by atoms with Crippen LogP contribution < -0.4 is 0 Å². The van der Waals surface area contributed by atoms with Gasteiger partial charge in [0.25, 0.3) is 0 Å². The van der Waals surface area contributed by atoms with Crippen molar-refractivity contribution in [1.29, 1.82) is 0 Å². The molecule has 0 atom stereocenters. The van der Waals surface area contributed by atoms with Gasteiger partial charge in [0.2, 0.25) is 5.60 Å².